The fourth-order valence-corrected chi connectivity index (χ4v) is 14.6. The Kier molecular flexibility index (Phi) is 61.9. The fraction of sp³-hybridized carbons (Fsp3) is 0.833. The number of hydrogen-bond acceptors (Lipinski definition) is 22. The molecule has 734 valence electrons. The van der Waals surface area contributed by atoms with Crippen molar-refractivity contribution in [1.82, 2.24) is 74.4 Å². The van der Waals surface area contributed by atoms with E-state index in [0.29, 0.717) is 90.0 Å². The SMILES string of the molecule is CC(C)C[C@H](NC(=O)[C@H](CC(C)C)NC(=O)[C@H](CCCCN)NC(=O)[C@H](CC(C)C)NC(=O)[C@H](CC(C)C)NC(=O)[C@H](CCCCN)NC(=O)[C@H](CCCCN)NC(=O)[C@H](CC(C)C)NC(=O)[C@H](CC(C)C)NC(=O)[C@H](CCCCN)NC(=O)[C@H](CCCCN)NC(=O)[C@H](CC(C)C)NC(=O)[C@H](CC(C)C)NC(=O)[C@H](CCCCN)NC(=O)[C@@H](N)CC(C)C)C(N)=O. The molecular weight excluding hydrogens is 1630 g/mol. The number of hydrogen-bond donors (Lipinski definition) is 22. The van der Waals surface area contributed by atoms with E-state index in [9.17, 15) is 71.9 Å². The summed E-state index contributed by atoms with van der Waals surface area (Å²) in [6, 6.07) is -18.0. The van der Waals surface area contributed by atoms with E-state index < -0.39 is 179 Å². The third kappa shape index (κ3) is 52.3. The van der Waals surface area contributed by atoms with Gasteiger partial charge in [0.15, 0.2) is 0 Å². The zero-order chi connectivity index (χ0) is 96.8. The lowest BCUT2D eigenvalue weighted by Gasteiger charge is -2.30. The van der Waals surface area contributed by atoms with Crippen LogP contribution in [0.15, 0.2) is 0 Å². The molecule has 0 bridgehead atoms. The van der Waals surface area contributed by atoms with E-state index in [0.717, 1.165) is 0 Å². The number of carbonyl (C=O) groups excluding carboxylic acids is 15. The number of rotatable bonds is 71. The molecule has 0 fully saturated rings. The van der Waals surface area contributed by atoms with E-state index >= 15 is 0 Å². The average Bonchev–Trinajstić information content (AvgIpc) is 0.850. The number of carbonyl (C=O) groups is 15. The van der Waals surface area contributed by atoms with Crippen LogP contribution in [0.2, 0.25) is 0 Å². The third-order valence-electron chi connectivity index (χ3n) is 21.3. The molecule has 15 amide bonds. The van der Waals surface area contributed by atoms with E-state index in [1.807, 2.05) is 125 Å². The number of primary amides is 1. The largest absolute Gasteiger partial charge is 0.368 e. The van der Waals surface area contributed by atoms with Crippen LogP contribution in [-0.2, 0) is 71.9 Å². The molecule has 0 spiro atoms. The first-order valence-corrected chi connectivity index (χ1v) is 47.2. The first-order valence-electron chi connectivity index (χ1n) is 47.2. The molecule has 37 nitrogen and oxygen atoms in total. The van der Waals surface area contributed by atoms with Crippen LogP contribution in [0.4, 0.5) is 0 Å². The number of unbranched alkanes of at least 4 members (excludes halogenated alkanes) is 6. The Morgan fingerprint density at radius 2 is 0.291 bits per heavy atom. The van der Waals surface area contributed by atoms with Crippen molar-refractivity contribution in [2.75, 3.05) is 39.3 Å². The second-order valence-electron chi connectivity index (χ2n) is 38.2. The van der Waals surface area contributed by atoms with Gasteiger partial charge in [-0.15, -0.1) is 0 Å². The normalized spacial score (nSPS) is 15.3. The predicted octanol–water partition coefficient (Wildman–Crippen LogP) is 1.78. The van der Waals surface area contributed by atoms with E-state index in [-0.39, 0.29) is 176 Å². The Bertz CT molecular complexity index is 3280. The summed E-state index contributed by atoms with van der Waals surface area (Å²) in [5, 5.41) is 39.5. The van der Waals surface area contributed by atoms with Crippen molar-refractivity contribution < 1.29 is 71.9 Å². The van der Waals surface area contributed by atoms with Crippen LogP contribution in [0.1, 0.15) is 298 Å². The van der Waals surface area contributed by atoms with Crippen LogP contribution in [0.3, 0.4) is 0 Å². The Morgan fingerprint density at radius 3 is 0.425 bits per heavy atom. The Balaban J connectivity index is 7.47. The maximum absolute atomic E-state index is 14.9. The van der Waals surface area contributed by atoms with Gasteiger partial charge in [-0.25, -0.2) is 0 Å². The van der Waals surface area contributed by atoms with Crippen LogP contribution in [0.5, 0.6) is 0 Å². The van der Waals surface area contributed by atoms with Crippen LogP contribution in [-0.4, -0.2) is 219 Å². The molecule has 0 saturated heterocycles. The van der Waals surface area contributed by atoms with Crippen LogP contribution < -0.4 is 120 Å². The Hall–Kier alpha value is -8.23. The van der Waals surface area contributed by atoms with Gasteiger partial charge in [0.2, 0.25) is 88.6 Å². The van der Waals surface area contributed by atoms with E-state index in [1.54, 1.807) is 0 Å². The van der Waals surface area contributed by atoms with Crippen LogP contribution in [0.25, 0.3) is 0 Å². The van der Waals surface area contributed by atoms with Crippen LogP contribution >= 0.6 is 0 Å². The highest BCUT2D eigenvalue weighted by molar-refractivity contribution is 6.00. The van der Waals surface area contributed by atoms with Crippen molar-refractivity contribution in [3.8, 4) is 0 Å². The maximum Gasteiger partial charge on any atom is 0.243 e. The molecule has 0 aliphatic rings. The van der Waals surface area contributed by atoms with Crippen molar-refractivity contribution in [3.63, 3.8) is 0 Å². The quantitative estimate of drug-likeness (QED) is 0.0386. The smallest absolute Gasteiger partial charge is 0.243 e. The summed E-state index contributed by atoms with van der Waals surface area (Å²) in [5.74, 6) is -11.8. The molecule has 0 aliphatic heterocycles. The summed E-state index contributed by atoms with van der Waals surface area (Å²) in [5.41, 5.74) is 47.3. The highest BCUT2D eigenvalue weighted by Gasteiger charge is 2.40. The summed E-state index contributed by atoms with van der Waals surface area (Å²) in [4.78, 5) is 216. The first kappa shape index (κ1) is 119. The van der Waals surface area contributed by atoms with Gasteiger partial charge in [-0.05, 0) is 266 Å². The minimum atomic E-state index is -1.32. The molecule has 0 rings (SSSR count). The van der Waals surface area contributed by atoms with Gasteiger partial charge in [-0.3, -0.25) is 71.9 Å². The van der Waals surface area contributed by atoms with Gasteiger partial charge in [0.25, 0.3) is 0 Å². The zero-order valence-electron chi connectivity index (χ0n) is 80.4. The van der Waals surface area contributed by atoms with Crippen molar-refractivity contribution in [2.24, 2.45) is 99.1 Å². The second-order valence-corrected chi connectivity index (χ2v) is 38.2. The number of nitrogens with two attached hydrogens (primary N) is 8. The van der Waals surface area contributed by atoms with E-state index in [4.69, 9.17) is 45.9 Å². The zero-order valence-corrected chi connectivity index (χ0v) is 80.4. The molecule has 0 aromatic carbocycles. The van der Waals surface area contributed by atoms with E-state index in [1.165, 1.54) is 0 Å². The molecular formula is C90H174N22O15. The highest BCUT2D eigenvalue weighted by Crippen LogP contribution is 2.20. The summed E-state index contributed by atoms with van der Waals surface area (Å²) < 4.78 is 0. The van der Waals surface area contributed by atoms with Gasteiger partial charge < -0.3 is 120 Å². The molecule has 0 aromatic rings. The minimum Gasteiger partial charge on any atom is -0.368 e. The topological polar surface area (TPSA) is 633 Å². The molecule has 0 saturated carbocycles. The van der Waals surface area contributed by atoms with Crippen molar-refractivity contribution in [3.05, 3.63) is 0 Å². The molecule has 0 heterocycles. The molecule has 0 unspecified atom stereocenters. The highest BCUT2D eigenvalue weighted by atomic mass is 16.2. The molecule has 0 aliphatic carbocycles. The summed E-state index contributed by atoms with van der Waals surface area (Å²) >= 11 is 0. The Morgan fingerprint density at radius 1 is 0.173 bits per heavy atom. The van der Waals surface area contributed by atoms with Gasteiger partial charge in [-0.1, -0.05) is 125 Å². The van der Waals surface area contributed by atoms with Crippen LogP contribution in [0, 0.1) is 53.3 Å². The van der Waals surface area contributed by atoms with Gasteiger partial charge >= 0.3 is 0 Å². The number of amides is 15. The van der Waals surface area contributed by atoms with Gasteiger partial charge in [0.05, 0.1) is 6.04 Å². The van der Waals surface area contributed by atoms with Gasteiger partial charge in [0.1, 0.15) is 84.6 Å². The molecule has 127 heavy (non-hydrogen) atoms. The van der Waals surface area contributed by atoms with E-state index in [2.05, 4.69) is 74.4 Å². The monoisotopic (exact) mass is 1800 g/mol. The van der Waals surface area contributed by atoms with Crippen molar-refractivity contribution >= 4 is 88.6 Å². The molecule has 0 aromatic heterocycles. The Labute approximate surface area is 758 Å². The maximum atomic E-state index is 14.9. The summed E-state index contributed by atoms with van der Waals surface area (Å²) in [7, 11) is 0. The average molecular weight is 1800 g/mol. The molecule has 0 radical (unpaired) electrons. The lowest BCUT2D eigenvalue weighted by molar-refractivity contribution is -0.137. The minimum absolute atomic E-state index is 0.00128. The lowest BCUT2D eigenvalue weighted by Crippen LogP contribution is -2.61. The van der Waals surface area contributed by atoms with Crippen molar-refractivity contribution in [2.45, 2.75) is 389 Å². The summed E-state index contributed by atoms with van der Waals surface area (Å²) in [6.07, 6.45) is 6.87. The lowest BCUT2D eigenvalue weighted by atomic mass is 9.98. The molecule has 15 atom stereocenters. The van der Waals surface area contributed by atoms with Gasteiger partial charge in [-0.2, -0.15) is 0 Å². The summed E-state index contributed by atoms with van der Waals surface area (Å²) in [6.45, 7) is 35.0. The predicted molar refractivity (Wildman–Crippen MR) is 497 cm³/mol. The molecule has 30 N–H and O–H groups in total. The first-order chi connectivity index (χ1) is 59.7. The second kappa shape index (κ2) is 66.2. The number of nitrogens with one attached hydrogen (secondary N) is 14. The third-order valence-corrected chi connectivity index (χ3v) is 21.3. The van der Waals surface area contributed by atoms with Crippen molar-refractivity contribution in [1.29, 1.82) is 0 Å². The standard InChI is InChI=1S/C90H174N22O15/c1-52(2)43-61(97)77(114)99-62(31-19-25-37-91)80(117)107-73(49-58(13)14)88(125)110-69(45-54(5)6)84(121)102-63(32-20-26-38-92)78(115)100-65(34-22-28-40-94)81(118)108-74(50-59(15)16)89(126)111-70(46-55(7)8)85(122)103-64(33-21-27-39-93)79(116)101-66(35-23-29-41-95)82(119)109-75(51-60(17)18)90(127)112-71(47-56(9)10)86(123)104-67(36-24-30-42-96)83(120)106-72(48-57(11)12)87(124)105-68(76(98)113)44-53(3)4/h52-75H,19-51,91-97H2,1-18H3,(H2,98,113)(H,99,114)(H,100,115)(H,101,116)(H,102,121)(H,103,122)(H,104,123)(H,105,124)(H,106,120)(H,107,117)(H,108,118)(H,109,119)(H,110,125)(H,111,126)(H,112,127)/t61-,62-,63-,64-,65-,66-,67-,68-,69-,70-,71-,72-,73-,74-,75-/m0/s1. The van der Waals surface area contributed by atoms with Gasteiger partial charge in [0, 0.05) is 0 Å². The molecule has 37 heteroatoms. The fourth-order valence-electron chi connectivity index (χ4n) is 14.6.